The number of carbonyl (C=O) groups excluding carboxylic acids is 1. The van der Waals surface area contributed by atoms with Gasteiger partial charge < -0.3 is 14.2 Å². The van der Waals surface area contributed by atoms with E-state index in [4.69, 9.17) is 20.4 Å². The molecule has 0 radical (unpaired) electrons. The fourth-order valence-corrected chi connectivity index (χ4v) is 2.94. The van der Waals surface area contributed by atoms with Crippen LogP contribution in [-0.4, -0.2) is 10.9 Å². The summed E-state index contributed by atoms with van der Waals surface area (Å²) in [5, 5.41) is 3.16. The van der Waals surface area contributed by atoms with Crippen LogP contribution in [0.25, 0.3) is 22.6 Å². The van der Waals surface area contributed by atoms with Crippen molar-refractivity contribution in [3.05, 3.63) is 71.1 Å². The summed E-state index contributed by atoms with van der Waals surface area (Å²) in [4.78, 5) is 16.8. The van der Waals surface area contributed by atoms with Crippen molar-refractivity contribution in [3.63, 3.8) is 0 Å². The van der Waals surface area contributed by atoms with Gasteiger partial charge in [0.05, 0.1) is 17.0 Å². The Morgan fingerprint density at radius 2 is 2.00 bits per heavy atom. The SMILES string of the molecule is CC(C)c1ccc2oc(-c3ccc(Cl)c(NC(=O)c4ccco4)c3)nc2c1. The lowest BCUT2D eigenvalue weighted by atomic mass is 10.0. The molecule has 5 nitrogen and oxygen atoms in total. The van der Waals surface area contributed by atoms with Gasteiger partial charge in [0.15, 0.2) is 11.3 Å². The molecule has 1 amide bonds. The van der Waals surface area contributed by atoms with E-state index in [1.165, 1.54) is 11.8 Å². The largest absolute Gasteiger partial charge is 0.459 e. The van der Waals surface area contributed by atoms with Gasteiger partial charge in [-0.2, -0.15) is 0 Å². The minimum absolute atomic E-state index is 0.208. The van der Waals surface area contributed by atoms with Crippen LogP contribution in [0.1, 0.15) is 35.9 Å². The quantitative estimate of drug-likeness (QED) is 0.463. The Hall–Kier alpha value is -3.05. The maximum absolute atomic E-state index is 12.2. The predicted octanol–water partition coefficient (Wildman–Crippen LogP) is 6.12. The smallest absolute Gasteiger partial charge is 0.291 e. The molecule has 0 bridgehead atoms. The number of anilines is 1. The summed E-state index contributed by atoms with van der Waals surface area (Å²) in [5.41, 5.74) is 3.89. The molecule has 0 spiro atoms. The van der Waals surface area contributed by atoms with Crippen LogP contribution in [0.15, 0.2) is 63.6 Å². The summed E-state index contributed by atoms with van der Waals surface area (Å²) in [5.74, 6) is 0.710. The first-order valence-electron chi connectivity index (χ1n) is 8.56. The molecule has 4 aromatic rings. The lowest BCUT2D eigenvalue weighted by Gasteiger charge is -2.07. The third-order valence-electron chi connectivity index (χ3n) is 4.28. The monoisotopic (exact) mass is 380 g/mol. The van der Waals surface area contributed by atoms with Crippen molar-refractivity contribution in [1.29, 1.82) is 0 Å². The number of rotatable bonds is 4. The van der Waals surface area contributed by atoms with E-state index < -0.39 is 0 Å². The Morgan fingerprint density at radius 1 is 1.15 bits per heavy atom. The van der Waals surface area contributed by atoms with Crippen LogP contribution in [-0.2, 0) is 0 Å². The van der Waals surface area contributed by atoms with Gasteiger partial charge in [-0.15, -0.1) is 0 Å². The maximum atomic E-state index is 12.2. The van der Waals surface area contributed by atoms with Crippen LogP contribution in [0.2, 0.25) is 5.02 Å². The lowest BCUT2D eigenvalue weighted by Crippen LogP contribution is -2.11. The molecule has 2 aromatic heterocycles. The number of carbonyl (C=O) groups is 1. The van der Waals surface area contributed by atoms with Crippen LogP contribution in [0.5, 0.6) is 0 Å². The van der Waals surface area contributed by atoms with Crippen molar-refractivity contribution in [2.45, 2.75) is 19.8 Å². The minimum Gasteiger partial charge on any atom is -0.459 e. The van der Waals surface area contributed by atoms with Gasteiger partial charge in [0.25, 0.3) is 5.91 Å². The number of oxazole rings is 1. The average Bonchev–Trinajstić information content (AvgIpc) is 3.32. The summed E-state index contributed by atoms with van der Waals surface area (Å²) < 4.78 is 11.0. The molecule has 6 heteroatoms. The van der Waals surface area contributed by atoms with Gasteiger partial charge in [-0.25, -0.2) is 4.98 Å². The molecule has 136 valence electrons. The number of amides is 1. The number of benzene rings is 2. The van der Waals surface area contributed by atoms with E-state index in [2.05, 4.69) is 24.1 Å². The molecule has 0 aliphatic carbocycles. The molecule has 0 aliphatic heterocycles. The van der Waals surface area contributed by atoms with E-state index in [1.807, 2.05) is 18.2 Å². The Labute approximate surface area is 161 Å². The lowest BCUT2D eigenvalue weighted by molar-refractivity contribution is 0.0996. The summed E-state index contributed by atoms with van der Waals surface area (Å²) in [7, 11) is 0. The third-order valence-corrected chi connectivity index (χ3v) is 4.61. The van der Waals surface area contributed by atoms with Crippen molar-refractivity contribution in [2.24, 2.45) is 0 Å². The van der Waals surface area contributed by atoms with Gasteiger partial charge in [-0.3, -0.25) is 4.79 Å². The van der Waals surface area contributed by atoms with Gasteiger partial charge in [0.1, 0.15) is 5.52 Å². The summed E-state index contributed by atoms with van der Waals surface area (Å²) in [6.07, 6.45) is 1.44. The number of nitrogens with zero attached hydrogens (tertiary/aromatic N) is 1. The second-order valence-corrected chi connectivity index (χ2v) is 6.93. The topological polar surface area (TPSA) is 68.3 Å². The van der Waals surface area contributed by atoms with Crippen molar-refractivity contribution >= 4 is 34.3 Å². The first-order valence-corrected chi connectivity index (χ1v) is 8.94. The fraction of sp³-hybridized carbons (Fsp3) is 0.143. The molecule has 1 N–H and O–H groups in total. The van der Waals surface area contributed by atoms with Crippen LogP contribution >= 0.6 is 11.6 Å². The minimum atomic E-state index is -0.377. The van der Waals surface area contributed by atoms with Crippen LogP contribution in [0.3, 0.4) is 0 Å². The Morgan fingerprint density at radius 3 is 2.74 bits per heavy atom. The average molecular weight is 381 g/mol. The second kappa shape index (κ2) is 6.93. The second-order valence-electron chi connectivity index (χ2n) is 6.53. The molecule has 0 aliphatic rings. The molecular formula is C21H17ClN2O3. The molecule has 27 heavy (non-hydrogen) atoms. The number of halogens is 1. The zero-order valence-electron chi connectivity index (χ0n) is 14.8. The molecule has 0 atom stereocenters. The molecule has 0 unspecified atom stereocenters. The number of hydrogen-bond acceptors (Lipinski definition) is 4. The first kappa shape index (κ1) is 17.4. The molecule has 0 saturated heterocycles. The van der Waals surface area contributed by atoms with Crippen LogP contribution in [0.4, 0.5) is 5.69 Å². The van der Waals surface area contributed by atoms with Crippen molar-refractivity contribution < 1.29 is 13.6 Å². The standard InChI is InChI=1S/C21H17ClN2O3/c1-12(2)13-6-8-18-17(10-13)24-21(27-18)14-5-7-15(22)16(11-14)23-20(25)19-4-3-9-26-19/h3-12H,1-2H3,(H,23,25). The van der Waals surface area contributed by atoms with Crippen molar-refractivity contribution in [2.75, 3.05) is 5.32 Å². The zero-order valence-corrected chi connectivity index (χ0v) is 15.6. The van der Waals surface area contributed by atoms with Gasteiger partial charge in [0, 0.05) is 5.56 Å². The molecular weight excluding hydrogens is 364 g/mol. The van der Waals surface area contributed by atoms with E-state index in [1.54, 1.807) is 30.3 Å². The Balaban J connectivity index is 1.68. The summed E-state index contributed by atoms with van der Waals surface area (Å²) in [6, 6.07) is 14.5. The van der Waals surface area contributed by atoms with Gasteiger partial charge in [-0.05, 0) is 53.9 Å². The third kappa shape index (κ3) is 3.46. The molecule has 2 heterocycles. The van der Waals surface area contributed by atoms with Crippen molar-refractivity contribution in [3.8, 4) is 11.5 Å². The highest BCUT2D eigenvalue weighted by Crippen LogP contribution is 2.31. The van der Waals surface area contributed by atoms with Gasteiger partial charge in [0.2, 0.25) is 5.89 Å². The highest BCUT2D eigenvalue weighted by Gasteiger charge is 2.15. The molecule has 2 aromatic carbocycles. The van der Waals surface area contributed by atoms with E-state index in [0.29, 0.717) is 28.1 Å². The van der Waals surface area contributed by atoms with Gasteiger partial charge in [-0.1, -0.05) is 31.5 Å². The van der Waals surface area contributed by atoms with E-state index >= 15 is 0 Å². The zero-order chi connectivity index (χ0) is 19.0. The van der Waals surface area contributed by atoms with E-state index in [-0.39, 0.29) is 11.7 Å². The van der Waals surface area contributed by atoms with Crippen molar-refractivity contribution in [1.82, 2.24) is 4.98 Å². The summed E-state index contributed by atoms with van der Waals surface area (Å²) >= 11 is 6.23. The normalized spacial score (nSPS) is 11.3. The Kier molecular flexibility index (Phi) is 4.46. The fourth-order valence-electron chi connectivity index (χ4n) is 2.77. The number of nitrogens with one attached hydrogen (secondary N) is 1. The summed E-state index contributed by atoms with van der Waals surface area (Å²) in [6.45, 7) is 4.27. The predicted molar refractivity (Wildman–Crippen MR) is 105 cm³/mol. The molecule has 0 saturated carbocycles. The number of furan rings is 1. The molecule has 0 fully saturated rings. The number of fused-ring (bicyclic) bond motifs is 1. The Bertz CT molecular complexity index is 1110. The van der Waals surface area contributed by atoms with Crippen LogP contribution < -0.4 is 5.32 Å². The highest BCUT2D eigenvalue weighted by atomic mass is 35.5. The number of aromatic nitrogens is 1. The van der Waals surface area contributed by atoms with Gasteiger partial charge >= 0.3 is 0 Å². The van der Waals surface area contributed by atoms with E-state index in [0.717, 1.165) is 11.1 Å². The number of hydrogen-bond donors (Lipinski definition) is 1. The van der Waals surface area contributed by atoms with Crippen LogP contribution in [0, 0.1) is 0 Å². The van der Waals surface area contributed by atoms with E-state index in [9.17, 15) is 4.79 Å². The first-order chi connectivity index (χ1) is 13.0. The molecule has 4 rings (SSSR count). The maximum Gasteiger partial charge on any atom is 0.291 e. The highest BCUT2D eigenvalue weighted by molar-refractivity contribution is 6.34.